The van der Waals surface area contributed by atoms with Crippen LogP contribution in [0.1, 0.15) is 19.3 Å². The number of nitrogens with zero attached hydrogens (tertiary/aromatic N) is 1. The number of hydrogen-bond donors (Lipinski definition) is 1. The van der Waals surface area contributed by atoms with E-state index in [1.54, 1.807) is 0 Å². The fraction of sp³-hybridized carbons (Fsp3) is 1.00. The van der Waals surface area contributed by atoms with Crippen LogP contribution >= 0.6 is 15.9 Å². The van der Waals surface area contributed by atoms with Crippen molar-refractivity contribution in [1.29, 1.82) is 0 Å². The number of hydrogen-bond acceptors (Lipinski definition) is 2. The van der Waals surface area contributed by atoms with E-state index in [4.69, 9.17) is 0 Å². The third-order valence-electron chi connectivity index (χ3n) is 2.29. The quantitative estimate of drug-likeness (QED) is 0.554. The van der Waals surface area contributed by atoms with Gasteiger partial charge in [0.2, 0.25) is 0 Å². The van der Waals surface area contributed by atoms with Gasteiger partial charge < -0.3 is 10.2 Å². The zero-order valence-electron chi connectivity index (χ0n) is 7.69. The number of alkyl halides is 1. The van der Waals surface area contributed by atoms with Crippen LogP contribution in [-0.2, 0) is 0 Å². The fourth-order valence-electron chi connectivity index (χ4n) is 1.56. The third-order valence-corrected chi connectivity index (χ3v) is 2.85. The maximum Gasteiger partial charge on any atom is 0.0107 e. The molecule has 1 saturated heterocycles. The molecule has 1 rings (SSSR count). The van der Waals surface area contributed by atoms with Gasteiger partial charge in [-0.1, -0.05) is 15.9 Å². The number of halogens is 1. The first-order chi connectivity index (χ1) is 5.93. The molecule has 1 aliphatic heterocycles. The van der Waals surface area contributed by atoms with E-state index in [-0.39, 0.29) is 0 Å². The highest BCUT2D eigenvalue weighted by atomic mass is 79.9. The first kappa shape index (κ1) is 10.5. The summed E-state index contributed by atoms with van der Waals surface area (Å²) < 4.78 is 0. The maximum atomic E-state index is 3.44. The molecule has 1 aliphatic rings. The molecule has 0 aromatic heterocycles. The van der Waals surface area contributed by atoms with Crippen LogP contribution in [0, 0.1) is 0 Å². The molecule has 0 atom stereocenters. The number of nitrogens with one attached hydrogen (secondary N) is 1. The first-order valence-electron chi connectivity index (χ1n) is 4.92. The third kappa shape index (κ3) is 4.43. The van der Waals surface area contributed by atoms with Crippen molar-refractivity contribution < 1.29 is 0 Å². The SMILES string of the molecule is BrCCCNCCN1CCCC1. The van der Waals surface area contributed by atoms with Crippen LogP contribution in [0.2, 0.25) is 0 Å². The maximum absolute atomic E-state index is 3.44. The highest BCUT2D eigenvalue weighted by Gasteiger charge is 2.09. The molecule has 0 spiro atoms. The Kier molecular flexibility index (Phi) is 6.00. The molecule has 0 radical (unpaired) electrons. The minimum absolute atomic E-state index is 1.11. The van der Waals surface area contributed by atoms with Crippen molar-refractivity contribution in [3.63, 3.8) is 0 Å². The van der Waals surface area contributed by atoms with Gasteiger partial charge in [-0.05, 0) is 38.9 Å². The predicted molar refractivity (Wildman–Crippen MR) is 57.0 cm³/mol. The summed E-state index contributed by atoms with van der Waals surface area (Å²) in [7, 11) is 0. The van der Waals surface area contributed by atoms with E-state index in [0.717, 1.165) is 18.4 Å². The summed E-state index contributed by atoms with van der Waals surface area (Å²) in [5.41, 5.74) is 0. The van der Waals surface area contributed by atoms with E-state index in [2.05, 4.69) is 26.1 Å². The van der Waals surface area contributed by atoms with Crippen LogP contribution < -0.4 is 5.32 Å². The second-order valence-electron chi connectivity index (χ2n) is 3.34. The molecule has 2 nitrogen and oxygen atoms in total. The van der Waals surface area contributed by atoms with Gasteiger partial charge in [-0.25, -0.2) is 0 Å². The van der Waals surface area contributed by atoms with Crippen molar-refractivity contribution >= 4 is 15.9 Å². The van der Waals surface area contributed by atoms with Gasteiger partial charge in [0.1, 0.15) is 0 Å². The lowest BCUT2D eigenvalue weighted by Crippen LogP contribution is -2.30. The summed E-state index contributed by atoms with van der Waals surface area (Å²) in [5.74, 6) is 0. The monoisotopic (exact) mass is 234 g/mol. The lowest BCUT2D eigenvalue weighted by atomic mass is 10.4. The molecule has 0 aromatic rings. The van der Waals surface area contributed by atoms with Gasteiger partial charge in [-0.15, -0.1) is 0 Å². The summed E-state index contributed by atoms with van der Waals surface area (Å²) in [4.78, 5) is 2.54. The van der Waals surface area contributed by atoms with E-state index in [1.165, 1.54) is 38.9 Å². The van der Waals surface area contributed by atoms with Crippen LogP contribution in [-0.4, -0.2) is 43.0 Å². The van der Waals surface area contributed by atoms with E-state index in [0.29, 0.717) is 0 Å². The zero-order chi connectivity index (χ0) is 8.65. The summed E-state index contributed by atoms with van der Waals surface area (Å²) in [5, 5.41) is 4.56. The van der Waals surface area contributed by atoms with Crippen LogP contribution in [0.15, 0.2) is 0 Å². The Morgan fingerprint density at radius 1 is 1.17 bits per heavy atom. The minimum atomic E-state index is 1.11. The van der Waals surface area contributed by atoms with Gasteiger partial charge in [0.05, 0.1) is 0 Å². The standard InChI is InChI=1S/C9H19BrN2/c10-4-3-5-11-6-9-12-7-1-2-8-12/h11H,1-9H2. The van der Waals surface area contributed by atoms with Crippen molar-refractivity contribution in [2.24, 2.45) is 0 Å². The normalized spacial score (nSPS) is 18.8. The molecule has 0 aromatic carbocycles. The van der Waals surface area contributed by atoms with Gasteiger partial charge in [0, 0.05) is 18.4 Å². The average molecular weight is 235 g/mol. The Morgan fingerprint density at radius 3 is 2.58 bits per heavy atom. The Hall–Kier alpha value is 0.400. The highest BCUT2D eigenvalue weighted by molar-refractivity contribution is 9.09. The summed E-state index contributed by atoms with van der Waals surface area (Å²) in [6.45, 7) is 6.19. The van der Waals surface area contributed by atoms with Crippen LogP contribution in [0.4, 0.5) is 0 Å². The van der Waals surface area contributed by atoms with Gasteiger partial charge in [0.15, 0.2) is 0 Å². The smallest absolute Gasteiger partial charge is 0.0107 e. The Morgan fingerprint density at radius 2 is 1.92 bits per heavy atom. The molecule has 72 valence electrons. The molecule has 12 heavy (non-hydrogen) atoms. The van der Waals surface area contributed by atoms with E-state index in [9.17, 15) is 0 Å². The van der Waals surface area contributed by atoms with Crippen LogP contribution in [0.3, 0.4) is 0 Å². The Labute approximate surface area is 83.8 Å². The second-order valence-corrected chi connectivity index (χ2v) is 4.13. The van der Waals surface area contributed by atoms with Gasteiger partial charge in [0.25, 0.3) is 0 Å². The average Bonchev–Trinajstić information content (AvgIpc) is 2.57. The molecule has 1 fully saturated rings. The lowest BCUT2D eigenvalue weighted by molar-refractivity contribution is 0.336. The summed E-state index contributed by atoms with van der Waals surface area (Å²) in [6, 6.07) is 0. The van der Waals surface area contributed by atoms with E-state index in [1.807, 2.05) is 0 Å². The Balaban J connectivity index is 1.81. The second kappa shape index (κ2) is 6.87. The van der Waals surface area contributed by atoms with Crippen molar-refractivity contribution in [1.82, 2.24) is 10.2 Å². The summed E-state index contributed by atoms with van der Waals surface area (Å²) >= 11 is 3.42. The molecule has 0 bridgehead atoms. The lowest BCUT2D eigenvalue weighted by Gasteiger charge is -2.14. The topological polar surface area (TPSA) is 15.3 Å². The largest absolute Gasteiger partial charge is 0.315 e. The molecule has 1 N–H and O–H groups in total. The molecule has 1 heterocycles. The van der Waals surface area contributed by atoms with Crippen molar-refractivity contribution in [2.45, 2.75) is 19.3 Å². The van der Waals surface area contributed by atoms with Crippen LogP contribution in [0.25, 0.3) is 0 Å². The highest BCUT2D eigenvalue weighted by Crippen LogP contribution is 2.05. The fourth-order valence-corrected chi connectivity index (χ4v) is 1.84. The zero-order valence-corrected chi connectivity index (χ0v) is 9.28. The predicted octanol–water partition coefficient (Wildman–Crippen LogP) is 1.46. The molecule has 3 heteroatoms. The minimum Gasteiger partial charge on any atom is -0.315 e. The van der Waals surface area contributed by atoms with E-state index >= 15 is 0 Å². The van der Waals surface area contributed by atoms with Gasteiger partial charge in [-0.2, -0.15) is 0 Å². The van der Waals surface area contributed by atoms with Crippen molar-refractivity contribution in [3.8, 4) is 0 Å². The molecular formula is C9H19BrN2. The number of rotatable bonds is 6. The molecule has 0 amide bonds. The molecule has 0 aliphatic carbocycles. The molecule has 0 unspecified atom stereocenters. The first-order valence-corrected chi connectivity index (χ1v) is 6.04. The van der Waals surface area contributed by atoms with E-state index < -0.39 is 0 Å². The van der Waals surface area contributed by atoms with Crippen molar-refractivity contribution in [3.05, 3.63) is 0 Å². The van der Waals surface area contributed by atoms with Gasteiger partial charge >= 0.3 is 0 Å². The number of likely N-dealkylation sites (tertiary alicyclic amines) is 1. The molecule has 0 saturated carbocycles. The summed E-state index contributed by atoms with van der Waals surface area (Å²) in [6.07, 6.45) is 4.04. The van der Waals surface area contributed by atoms with Crippen LogP contribution in [0.5, 0.6) is 0 Å². The molecular weight excluding hydrogens is 216 g/mol. The van der Waals surface area contributed by atoms with Crippen molar-refractivity contribution in [2.75, 3.05) is 38.1 Å². The van der Waals surface area contributed by atoms with Gasteiger partial charge in [-0.3, -0.25) is 0 Å². The Bertz CT molecular complexity index is 103.